The van der Waals surface area contributed by atoms with Crippen LogP contribution in [0.2, 0.25) is 0 Å². The fraction of sp³-hybridized carbons (Fsp3) is 0.476. The van der Waals surface area contributed by atoms with Gasteiger partial charge < -0.3 is 10.0 Å². The first-order valence-corrected chi connectivity index (χ1v) is 9.61. The number of carbonyl (C=O) groups is 1. The van der Waals surface area contributed by atoms with E-state index in [1.807, 2.05) is 17.0 Å². The molecule has 1 aromatic heterocycles. The average Bonchev–Trinajstić information content (AvgIpc) is 3.52. The number of carbonyl (C=O) groups excluding carboxylic acids is 1. The Bertz CT molecular complexity index is 771. The average molecular weight is 351 g/mol. The molecule has 1 saturated heterocycles. The van der Waals surface area contributed by atoms with E-state index < -0.39 is 0 Å². The summed E-state index contributed by atoms with van der Waals surface area (Å²) in [6.07, 6.45) is 10.7. The van der Waals surface area contributed by atoms with Crippen LogP contribution in [0.15, 0.2) is 36.7 Å². The standard InChI is InChI=1S/C21H25N3O2/c25-19-6-3-4-15(12-19)7-10-18-5-1-2-11-24(18)21(26)17-13-22-20(23-14-17)16-8-9-16/h3-4,6,12-14,16,18,25H,1-2,5,7-11H2/t18-/m0/s1. The van der Waals surface area contributed by atoms with Crippen molar-refractivity contribution in [2.45, 2.75) is 56.9 Å². The van der Waals surface area contributed by atoms with E-state index in [2.05, 4.69) is 9.97 Å². The maximum Gasteiger partial charge on any atom is 0.257 e. The zero-order valence-corrected chi connectivity index (χ0v) is 15.0. The number of aromatic nitrogens is 2. The van der Waals surface area contributed by atoms with Gasteiger partial charge >= 0.3 is 0 Å². The lowest BCUT2D eigenvalue weighted by Gasteiger charge is -2.36. The molecule has 26 heavy (non-hydrogen) atoms. The number of aryl methyl sites for hydroxylation is 1. The fourth-order valence-corrected chi connectivity index (χ4v) is 3.78. The van der Waals surface area contributed by atoms with Gasteiger partial charge in [-0.05, 0) is 62.6 Å². The third-order valence-electron chi connectivity index (χ3n) is 5.43. The summed E-state index contributed by atoms with van der Waals surface area (Å²) in [5.74, 6) is 1.73. The number of phenols is 1. The molecule has 1 saturated carbocycles. The van der Waals surface area contributed by atoms with Crippen LogP contribution in [0.4, 0.5) is 0 Å². The van der Waals surface area contributed by atoms with E-state index in [0.717, 1.165) is 62.9 Å². The van der Waals surface area contributed by atoms with E-state index in [1.165, 1.54) is 0 Å². The minimum Gasteiger partial charge on any atom is -0.508 e. The zero-order chi connectivity index (χ0) is 17.9. The Morgan fingerprint density at radius 1 is 1.15 bits per heavy atom. The number of aromatic hydroxyl groups is 1. The molecule has 4 rings (SSSR count). The van der Waals surface area contributed by atoms with Gasteiger partial charge in [-0.15, -0.1) is 0 Å². The first-order chi connectivity index (χ1) is 12.7. The van der Waals surface area contributed by atoms with Gasteiger partial charge in [-0.3, -0.25) is 4.79 Å². The number of rotatable bonds is 5. The van der Waals surface area contributed by atoms with E-state index in [-0.39, 0.29) is 11.9 Å². The molecule has 136 valence electrons. The maximum atomic E-state index is 13.0. The summed E-state index contributed by atoms with van der Waals surface area (Å²) >= 11 is 0. The lowest BCUT2D eigenvalue weighted by Crippen LogP contribution is -2.44. The Morgan fingerprint density at radius 3 is 2.69 bits per heavy atom. The van der Waals surface area contributed by atoms with Crippen LogP contribution in [-0.2, 0) is 6.42 Å². The molecular formula is C21H25N3O2. The molecule has 2 aliphatic rings. The number of phenolic OH excluding ortho intramolecular Hbond substituents is 1. The van der Waals surface area contributed by atoms with Gasteiger partial charge in [0.1, 0.15) is 11.6 Å². The molecule has 2 aromatic rings. The molecule has 1 aromatic carbocycles. The van der Waals surface area contributed by atoms with E-state index in [1.54, 1.807) is 24.5 Å². The van der Waals surface area contributed by atoms with Crippen LogP contribution in [0.3, 0.4) is 0 Å². The van der Waals surface area contributed by atoms with Crippen LogP contribution in [0, 0.1) is 0 Å². The summed E-state index contributed by atoms with van der Waals surface area (Å²) in [6, 6.07) is 7.62. The highest BCUT2D eigenvalue weighted by Crippen LogP contribution is 2.37. The smallest absolute Gasteiger partial charge is 0.257 e. The summed E-state index contributed by atoms with van der Waals surface area (Å²) < 4.78 is 0. The Morgan fingerprint density at radius 2 is 1.96 bits per heavy atom. The SMILES string of the molecule is O=C(c1cnc(C2CC2)nc1)N1CCCC[C@H]1CCc1cccc(O)c1. The predicted molar refractivity (Wildman–Crippen MR) is 99.1 cm³/mol. The number of amides is 1. The number of hydrogen-bond acceptors (Lipinski definition) is 4. The van der Waals surface area contributed by atoms with Gasteiger partial charge in [-0.2, -0.15) is 0 Å². The monoisotopic (exact) mass is 351 g/mol. The van der Waals surface area contributed by atoms with Gasteiger partial charge in [-0.25, -0.2) is 9.97 Å². The minimum atomic E-state index is 0.0490. The van der Waals surface area contributed by atoms with Crippen molar-refractivity contribution in [2.24, 2.45) is 0 Å². The van der Waals surface area contributed by atoms with Crippen molar-refractivity contribution in [1.82, 2.24) is 14.9 Å². The number of likely N-dealkylation sites (tertiary alicyclic amines) is 1. The molecule has 1 N–H and O–H groups in total. The molecule has 5 heteroatoms. The first-order valence-electron chi connectivity index (χ1n) is 9.61. The molecule has 2 fully saturated rings. The van der Waals surface area contributed by atoms with E-state index >= 15 is 0 Å². The van der Waals surface area contributed by atoms with Crippen molar-refractivity contribution < 1.29 is 9.90 Å². The van der Waals surface area contributed by atoms with Gasteiger partial charge in [0, 0.05) is 30.9 Å². The largest absolute Gasteiger partial charge is 0.508 e. The van der Waals surface area contributed by atoms with Gasteiger partial charge in [0.15, 0.2) is 0 Å². The highest BCUT2D eigenvalue weighted by atomic mass is 16.3. The minimum absolute atomic E-state index is 0.0490. The molecule has 1 aliphatic heterocycles. The Hall–Kier alpha value is -2.43. The van der Waals surface area contributed by atoms with Gasteiger partial charge in [0.25, 0.3) is 5.91 Å². The van der Waals surface area contributed by atoms with Gasteiger partial charge in [-0.1, -0.05) is 12.1 Å². The second kappa shape index (κ2) is 7.44. The molecule has 0 bridgehead atoms. The fourth-order valence-electron chi connectivity index (χ4n) is 3.78. The van der Waals surface area contributed by atoms with Crippen molar-refractivity contribution in [2.75, 3.05) is 6.54 Å². The number of benzene rings is 1. The van der Waals surface area contributed by atoms with E-state index in [9.17, 15) is 9.90 Å². The topological polar surface area (TPSA) is 66.3 Å². The maximum absolute atomic E-state index is 13.0. The molecule has 1 aliphatic carbocycles. The summed E-state index contributed by atoms with van der Waals surface area (Å²) in [5, 5.41) is 9.63. The van der Waals surface area contributed by atoms with Crippen molar-refractivity contribution in [1.29, 1.82) is 0 Å². The van der Waals surface area contributed by atoms with Crippen LogP contribution < -0.4 is 0 Å². The molecular weight excluding hydrogens is 326 g/mol. The van der Waals surface area contributed by atoms with Crippen molar-refractivity contribution in [3.63, 3.8) is 0 Å². The van der Waals surface area contributed by atoms with E-state index in [0.29, 0.717) is 17.2 Å². The Labute approximate surface area is 154 Å². The lowest BCUT2D eigenvalue weighted by molar-refractivity contribution is 0.0601. The molecule has 5 nitrogen and oxygen atoms in total. The number of hydrogen-bond donors (Lipinski definition) is 1. The van der Waals surface area contributed by atoms with Crippen LogP contribution in [0.25, 0.3) is 0 Å². The quantitative estimate of drug-likeness (QED) is 0.892. The molecule has 2 heterocycles. The van der Waals surface area contributed by atoms with Crippen molar-refractivity contribution in [3.8, 4) is 5.75 Å². The molecule has 0 radical (unpaired) electrons. The third-order valence-corrected chi connectivity index (χ3v) is 5.43. The first kappa shape index (κ1) is 17.0. The lowest BCUT2D eigenvalue weighted by atomic mass is 9.95. The summed E-state index contributed by atoms with van der Waals surface area (Å²) in [7, 11) is 0. The predicted octanol–water partition coefficient (Wildman–Crippen LogP) is 3.69. The van der Waals surface area contributed by atoms with Crippen LogP contribution >= 0.6 is 0 Å². The number of piperidine rings is 1. The van der Waals surface area contributed by atoms with Gasteiger partial charge in [0.05, 0.1) is 5.56 Å². The third kappa shape index (κ3) is 3.87. The Kier molecular flexibility index (Phi) is 4.87. The second-order valence-electron chi connectivity index (χ2n) is 7.46. The van der Waals surface area contributed by atoms with E-state index in [4.69, 9.17) is 0 Å². The van der Waals surface area contributed by atoms with Crippen molar-refractivity contribution in [3.05, 3.63) is 53.6 Å². The number of nitrogens with zero attached hydrogens (tertiary/aromatic N) is 3. The normalized spacial score (nSPS) is 20.2. The highest BCUT2D eigenvalue weighted by Gasteiger charge is 2.29. The molecule has 1 atom stereocenters. The Balaban J connectivity index is 1.43. The van der Waals surface area contributed by atoms with Crippen LogP contribution in [0.1, 0.15) is 66.2 Å². The van der Waals surface area contributed by atoms with Crippen LogP contribution in [-0.4, -0.2) is 38.5 Å². The molecule has 0 spiro atoms. The summed E-state index contributed by atoms with van der Waals surface area (Å²) in [4.78, 5) is 23.8. The summed E-state index contributed by atoms with van der Waals surface area (Å²) in [5.41, 5.74) is 1.71. The highest BCUT2D eigenvalue weighted by molar-refractivity contribution is 5.93. The van der Waals surface area contributed by atoms with Gasteiger partial charge in [0.2, 0.25) is 0 Å². The van der Waals surface area contributed by atoms with Crippen LogP contribution in [0.5, 0.6) is 5.75 Å². The molecule has 1 amide bonds. The summed E-state index contributed by atoms with van der Waals surface area (Å²) in [6.45, 7) is 0.800. The van der Waals surface area contributed by atoms with Crippen molar-refractivity contribution >= 4 is 5.91 Å². The molecule has 0 unspecified atom stereocenters. The zero-order valence-electron chi connectivity index (χ0n) is 15.0. The second-order valence-corrected chi connectivity index (χ2v) is 7.46.